The Hall–Kier alpha value is -2.95. The lowest BCUT2D eigenvalue weighted by molar-refractivity contribution is 0.0972. The molecule has 2 aliphatic carbocycles. The van der Waals surface area contributed by atoms with Crippen LogP contribution in [0.25, 0.3) is 22.8 Å². The van der Waals surface area contributed by atoms with Gasteiger partial charge in [0.1, 0.15) is 5.52 Å². The van der Waals surface area contributed by atoms with Crippen LogP contribution in [0.1, 0.15) is 78.7 Å². The molecule has 4 heterocycles. The highest BCUT2D eigenvalue weighted by molar-refractivity contribution is 5.87. The summed E-state index contributed by atoms with van der Waals surface area (Å²) < 4.78 is 12.9. The Labute approximate surface area is 222 Å². The minimum Gasteiger partial charge on any atom is -0.377 e. The third kappa shape index (κ3) is 4.69. The quantitative estimate of drug-likeness (QED) is 0.463. The van der Waals surface area contributed by atoms with Gasteiger partial charge in [0, 0.05) is 18.6 Å². The normalized spacial score (nSPS) is 26.3. The van der Waals surface area contributed by atoms with E-state index in [1.165, 1.54) is 44.9 Å². The van der Waals surface area contributed by atoms with Crippen LogP contribution in [0, 0.1) is 17.8 Å². The monoisotopic (exact) mass is 524 g/mol. The standard InChI is InChI=1S/C27H40N8O3/c1-15-8-10-20(11-9-15)18(4)35-21-22(28-17(3)19-6-5-7-19)29-24(25-32-27(36)38-33-25)30-23(21)31-26(35)34-12-13-37-14-16(34)2/h15-20H,5-14H2,1-4H3,(H,28,29,30)(H,32,33,36)/t15-,16-,17-,18?,20-/m1/s1. The van der Waals surface area contributed by atoms with Gasteiger partial charge in [0.25, 0.3) is 0 Å². The van der Waals surface area contributed by atoms with E-state index in [0.717, 1.165) is 29.7 Å². The molecule has 0 amide bonds. The Kier molecular flexibility index (Phi) is 6.88. The summed E-state index contributed by atoms with van der Waals surface area (Å²) in [6.45, 7) is 11.2. The van der Waals surface area contributed by atoms with E-state index < -0.39 is 5.76 Å². The van der Waals surface area contributed by atoms with Crippen molar-refractivity contribution in [3.63, 3.8) is 0 Å². The summed E-state index contributed by atoms with van der Waals surface area (Å²) >= 11 is 0. The summed E-state index contributed by atoms with van der Waals surface area (Å²) in [6, 6.07) is 0.687. The van der Waals surface area contributed by atoms with Gasteiger partial charge in [0.15, 0.2) is 11.5 Å². The maximum absolute atomic E-state index is 11.7. The number of aromatic amines is 1. The number of hydrogen-bond acceptors (Lipinski definition) is 9. The Morgan fingerprint density at radius 1 is 1.03 bits per heavy atom. The van der Waals surface area contributed by atoms with Gasteiger partial charge in [-0.15, -0.1) is 0 Å². The van der Waals surface area contributed by atoms with Crippen molar-refractivity contribution in [1.29, 1.82) is 0 Å². The number of fused-ring (bicyclic) bond motifs is 1. The summed E-state index contributed by atoms with van der Waals surface area (Å²) in [6.07, 6.45) is 8.65. The highest BCUT2D eigenvalue weighted by atomic mass is 16.5. The maximum Gasteiger partial charge on any atom is 0.439 e. The van der Waals surface area contributed by atoms with Crippen LogP contribution in [0.5, 0.6) is 0 Å². The van der Waals surface area contributed by atoms with Gasteiger partial charge in [-0.25, -0.2) is 14.8 Å². The first-order valence-corrected chi connectivity index (χ1v) is 14.4. The molecule has 1 saturated heterocycles. The summed E-state index contributed by atoms with van der Waals surface area (Å²) in [5.74, 6) is 3.50. The zero-order valence-corrected chi connectivity index (χ0v) is 22.9. The van der Waals surface area contributed by atoms with E-state index >= 15 is 0 Å². The van der Waals surface area contributed by atoms with Gasteiger partial charge in [-0.3, -0.25) is 9.51 Å². The van der Waals surface area contributed by atoms with Gasteiger partial charge in [-0.1, -0.05) is 31.3 Å². The van der Waals surface area contributed by atoms with Crippen molar-refractivity contribution < 1.29 is 9.26 Å². The van der Waals surface area contributed by atoms with E-state index in [1.54, 1.807) is 0 Å². The molecule has 3 atom stereocenters. The van der Waals surface area contributed by atoms with Crippen molar-refractivity contribution in [3.05, 3.63) is 10.6 Å². The number of hydrogen-bond donors (Lipinski definition) is 2. The highest BCUT2D eigenvalue weighted by Gasteiger charge is 2.34. The summed E-state index contributed by atoms with van der Waals surface area (Å²) in [4.78, 5) is 31.6. The Balaban J connectivity index is 1.52. The van der Waals surface area contributed by atoms with Crippen LogP contribution in [-0.4, -0.2) is 61.5 Å². The number of ether oxygens (including phenoxy) is 1. The van der Waals surface area contributed by atoms with Crippen molar-refractivity contribution in [2.45, 2.75) is 90.8 Å². The molecule has 3 aliphatic rings. The van der Waals surface area contributed by atoms with E-state index in [1.807, 2.05) is 0 Å². The van der Waals surface area contributed by atoms with Crippen molar-refractivity contribution in [1.82, 2.24) is 29.7 Å². The van der Waals surface area contributed by atoms with Gasteiger partial charge in [-0.2, -0.15) is 4.98 Å². The fourth-order valence-electron chi connectivity index (χ4n) is 6.39. The number of H-pyrrole nitrogens is 1. The number of nitrogens with zero attached hydrogens (tertiary/aromatic N) is 6. The second kappa shape index (κ2) is 10.3. The number of aromatic nitrogens is 6. The second-order valence-electron chi connectivity index (χ2n) is 11.8. The smallest absolute Gasteiger partial charge is 0.377 e. The third-order valence-electron chi connectivity index (χ3n) is 9.18. The molecular weight excluding hydrogens is 484 g/mol. The van der Waals surface area contributed by atoms with E-state index in [2.05, 4.69) is 52.6 Å². The van der Waals surface area contributed by atoms with Crippen molar-refractivity contribution in [2.75, 3.05) is 30.0 Å². The lowest BCUT2D eigenvalue weighted by Gasteiger charge is -2.38. The molecule has 0 aromatic carbocycles. The van der Waals surface area contributed by atoms with Crippen LogP contribution in [-0.2, 0) is 4.74 Å². The zero-order chi connectivity index (χ0) is 26.4. The molecule has 3 aromatic heterocycles. The summed E-state index contributed by atoms with van der Waals surface area (Å²) in [5, 5.41) is 7.60. The first kappa shape index (κ1) is 25.3. The van der Waals surface area contributed by atoms with Crippen LogP contribution >= 0.6 is 0 Å². The van der Waals surface area contributed by atoms with Gasteiger partial charge in [-0.05, 0) is 64.2 Å². The molecular formula is C27H40N8O3. The number of nitrogens with one attached hydrogen (secondary N) is 2. The van der Waals surface area contributed by atoms with Crippen LogP contribution in [0.2, 0.25) is 0 Å². The number of imidazole rings is 1. The van der Waals surface area contributed by atoms with Crippen molar-refractivity contribution in [3.8, 4) is 11.6 Å². The van der Waals surface area contributed by atoms with Crippen LogP contribution in [0.4, 0.5) is 11.8 Å². The van der Waals surface area contributed by atoms with Crippen LogP contribution < -0.4 is 16.0 Å². The molecule has 11 heteroatoms. The minimum absolute atomic E-state index is 0.197. The molecule has 2 N–H and O–H groups in total. The molecule has 206 valence electrons. The van der Waals surface area contributed by atoms with E-state index in [0.29, 0.717) is 36.5 Å². The molecule has 2 saturated carbocycles. The first-order valence-electron chi connectivity index (χ1n) is 14.4. The minimum atomic E-state index is -0.630. The molecule has 0 spiro atoms. The van der Waals surface area contributed by atoms with E-state index in [-0.39, 0.29) is 23.9 Å². The second-order valence-corrected chi connectivity index (χ2v) is 11.8. The molecule has 1 aliphatic heterocycles. The molecule has 3 fully saturated rings. The van der Waals surface area contributed by atoms with Crippen LogP contribution in [0.3, 0.4) is 0 Å². The fraction of sp³-hybridized carbons (Fsp3) is 0.741. The number of anilines is 2. The predicted molar refractivity (Wildman–Crippen MR) is 145 cm³/mol. The van der Waals surface area contributed by atoms with Crippen molar-refractivity contribution >= 4 is 22.9 Å². The van der Waals surface area contributed by atoms with Gasteiger partial charge in [0.05, 0.1) is 19.3 Å². The fourth-order valence-corrected chi connectivity index (χ4v) is 6.39. The lowest BCUT2D eigenvalue weighted by Crippen LogP contribution is -2.45. The topological polar surface area (TPSA) is 127 Å². The van der Waals surface area contributed by atoms with Gasteiger partial charge < -0.3 is 19.5 Å². The Bertz CT molecular complexity index is 1320. The summed E-state index contributed by atoms with van der Waals surface area (Å²) in [5.41, 5.74) is 1.53. The third-order valence-corrected chi connectivity index (χ3v) is 9.18. The molecule has 1 unspecified atom stereocenters. The van der Waals surface area contributed by atoms with Gasteiger partial charge >= 0.3 is 5.76 Å². The zero-order valence-electron chi connectivity index (χ0n) is 22.9. The number of rotatable bonds is 7. The average molecular weight is 525 g/mol. The molecule has 6 rings (SSSR count). The predicted octanol–water partition coefficient (Wildman–Crippen LogP) is 4.38. The molecule has 0 radical (unpaired) electrons. The molecule has 38 heavy (non-hydrogen) atoms. The molecule has 11 nitrogen and oxygen atoms in total. The summed E-state index contributed by atoms with van der Waals surface area (Å²) in [7, 11) is 0. The molecule has 3 aromatic rings. The van der Waals surface area contributed by atoms with E-state index in [4.69, 9.17) is 24.2 Å². The average Bonchev–Trinajstić information content (AvgIpc) is 3.47. The van der Waals surface area contributed by atoms with Gasteiger partial charge in [0.2, 0.25) is 17.6 Å². The largest absolute Gasteiger partial charge is 0.439 e. The lowest BCUT2D eigenvalue weighted by atomic mass is 9.79. The molecule has 0 bridgehead atoms. The van der Waals surface area contributed by atoms with Crippen LogP contribution in [0.15, 0.2) is 9.32 Å². The van der Waals surface area contributed by atoms with Crippen molar-refractivity contribution in [2.24, 2.45) is 17.8 Å². The highest BCUT2D eigenvalue weighted by Crippen LogP contribution is 2.41. The number of morpholine rings is 1. The Morgan fingerprint density at radius 3 is 2.47 bits per heavy atom. The van der Waals surface area contributed by atoms with E-state index in [9.17, 15) is 4.79 Å². The maximum atomic E-state index is 11.7. The first-order chi connectivity index (χ1) is 18.4. The Morgan fingerprint density at radius 2 is 1.82 bits per heavy atom. The SMILES string of the molecule is CC([C@H]1CC[C@H](C)CC1)n1c(N2CCOC[C@H]2C)nc2nc(-c3noc(=O)[nH]3)nc(N[C@H](C)C3CCC3)c21.